The number of hydrogen-bond donors (Lipinski definition) is 1. The highest BCUT2D eigenvalue weighted by atomic mass is 79.9. The molecule has 0 saturated heterocycles. The summed E-state index contributed by atoms with van der Waals surface area (Å²) in [6.07, 6.45) is 0. The van der Waals surface area contributed by atoms with Gasteiger partial charge in [-0.2, -0.15) is 0 Å². The first-order valence-corrected chi connectivity index (χ1v) is 33.1. The second kappa shape index (κ2) is 22.8. The van der Waals surface area contributed by atoms with Crippen LogP contribution in [0.25, 0.3) is 124 Å². The van der Waals surface area contributed by atoms with Gasteiger partial charge in [0.2, 0.25) is 0 Å². The molecule has 2 nitrogen and oxygen atoms in total. The summed E-state index contributed by atoms with van der Waals surface area (Å²) < 4.78 is 11.9. The van der Waals surface area contributed by atoms with Gasteiger partial charge in [0.05, 0.1) is 10.4 Å². The van der Waals surface area contributed by atoms with Crippen LogP contribution in [-0.2, 0) is 0 Å². The molecule has 0 atom stereocenters. The van der Waals surface area contributed by atoms with Crippen LogP contribution < -0.4 is 10.2 Å². The van der Waals surface area contributed by atoms with Crippen molar-refractivity contribution in [3.8, 4) is 22.3 Å². The first-order chi connectivity index (χ1) is 43.0. The monoisotopic (exact) mass is 1250 g/mol. The Labute approximate surface area is 527 Å². The zero-order chi connectivity index (χ0) is 57.8. The third-order valence-corrected chi connectivity index (χ3v) is 22.3. The van der Waals surface area contributed by atoms with Gasteiger partial charge in [-0.25, -0.2) is 0 Å². The van der Waals surface area contributed by atoms with E-state index >= 15 is 0 Å². The van der Waals surface area contributed by atoms with Crippen molar-refractivity contribution in [2.24, 2.45) is 0 Å². The summed E-state index contributed by atoms with van der Waals surface area (Å²) >= 11 is 11.1. The standard InChI is InChI=1S/C40H25NS2.C24H17NS.C16H9BrS/c1-2-9-26(10-3-1)27-17-20-29(21-18-27)41(30-22-24-38-35(25-30)32-13-6-7-16-37(32)42-38)36-15-8-14-33-34-23-19-28-11-4-5-12-31(28)39(34)43-40(33)36;1-2-6-17(7-3-1)18-10-12-19(13-11-18)25-20-14-15-24-22(16-20)21-8-4-5-9-23(21)26-24;17-14-7-3-6-12-13-9-8-10-4-1-2-5-11(10)15(13)18-16(12)14/h1-25H;1-16,25H;1-9H. The molecule has 0 unspecified atom stereocenters. The minimum absolute atomic E-state index is 1.10. The summed E-state index contributed by atoms with van der Waals surface area (Å²) in [6, 6.07) is 109. The largest absolute Gasteiger partial charge is 0.356 e. The smallest absolute Gasteiger partial charge is 0.0640 e. The topological polar surface area (TPSA) is 15.3 Å². The van der Waals surface area contributed by atoms with Crippen LogP contribution >= 0.6 is 61.3 Å². The number of thiophene rings is 4. The van der Waals surface area contributed by atoms with Crippen molar-refractivity contribution >= 4 is 192 Å². The third-order valence-electron chi connectivity index (χ3n) is 16.5. The van der Waals surface area contributed by atoms with E-state index < -0.39 is 0 Å². The Morgan fingerprint density at radius 1 is 0.253 bits per heavy atom. The molecule has 4 aromatic heterocycles. The number of rotatable bonds is 7. The molecule has 0 spiro atoms. The number of anilines is 5. The summed E-state index contributed by atoms with van der Waals surface area (Å²) in [6.45, 7) is 0. The lowest BCUT2D eigenvalue weighted by atomic mass is 10.0. The molecule has 87 heavy (non-hydrogen) atoms. The van der Waals surface area contributed by atoms with E-state index in [-0.39, 0.29) is 0 Å². The van der Waals surface area contributed by atoms with Crippen LogP contribution in [0.1, 0.15) is 0 Å². The highest BCUT2D eigenvalue weighted by molar-refractivity contribution is 9.10. The first-order valence-electron chi connectivity index (χ1n) is 29.1. The maximum Gasteiger partial charge on any atom is 0.0640 e. The van der Waals surface area contributed by atoms with Gasteiger partial charge in [-0.15, -0.1) is 45.3 Å². The van der Waals surface area contributed by atoms with E-state index in [0.29, 0.717) is 0 Å². The minimum Gasteiger partial charge on any atom is -0.356 e. The van der Waals surface area contributed by atoms with Crippen LogP contribution in [0.5, 0.6) is 0 Å². The summed E-state index contributed by atoms with van der Waals surface area (Å²) in [5, 5.41) is 19.4. The molecule has 0 bridgehead atoms. The van der Waals surface area contributed by atoms with Crippen molar-refractivity contribution in [2.75, 3.05) is 10.2 Å². The van der Waals surface area contributed by atoms with Gasteiger partial charge in [-0.1, -0.05) is 218 Å². The van der Waals surface area contributed by atoms with E-state index in [4.69, 9.17) is 0 Å². The number of nitrogens with zero attached hydrogens (tertiary/aromatic N) is 1. The van der Waals surface area contributed by atoms with Gasteiger partial charge in [0.25, 0.3) is 0 Å². The molecule has 0 aliphatic heterocycles. The molecular formula is C80H51BrN2S4. The van der Waals surface area contributed by atoms with Gasteiger partial charge in [0.1, 0.15) is 0 Å². The molecule has 0 fully saturated rings. The Kier molecular flexibility index (Phi) is 13.9. The predicted octanol–water partition coefficient (Wildman–Crippen LogP) is 26.1. The van der Waals surface area contributed by atoms with E-state index in [1.54, 1.807) is 0 Å². The molecule has 14 aromatic carbocycles. The summed E-state index contributed by atoms with van der Waals surface area (Å²) in [5.74, 6) is 0. The van der Waals surface area contributed by atoms with E-state index in [0.717, 1.165) is 17.1 Å². The Morgan fingerprint density at radius 3 is 1.29 bits per heavy atom. The Bertz CT molecular complexity index is 5570. The van der Waals surface area contributed by atoms with Gasteiger partial charge in [-0.05, 0) is 145 Å². The van der Waals surface area contributed by atoms with E-state index in [2.05, 4.69) is 323 Å². The molecule has 4 heterocycles. The molecule has 1 N–H and O–H groups in total. The van der Waals surface area contributed by atoms with Crippen molar-refractivity contribution < 1.29 is 0 Å². The lowest BCUT2D eigenvalue weighted by molar-refractivity contribution is 1.31. The zero-order valence-corrected chi connectivity index (χ0v) is 51.7. The molecule has 18 rings (SSSR count). The van der Waals surface area contributed by atoms with Crippen LogP contribution in [0.3, 0.4) is 0 Å². The fraction of sp³-hybridized carbons (Fsp3) is 0. The van der Waals surface area contributed by atoms with Crippen molar-refractivity contribution in [2.45, 2.75) is 0 Å². The van der Waals surface area contributed by atoms with Crippen molar-refractivity contribution in [1.29, 1.82) is 0 Å². The second-order valence-electron chi connectivity index (χ2n) is 21.7. The lowest BCUT2D eigenvalue weighted by Gasteiger charge is -2.26. The van der Waals surface area contributed by atoms with Gasteiger partial charge < -0.3 is 10.2 Å². The summed E-state index contributed by atoms with van der Waals surface area (Å²) in [7, 11) is 0. The molecule has 0 saturated carbocycles. The molecule has 0 amide bonds. The van der Waals surface area contributed by atoms with Crippen molar-refractivity contribution in [3.63, 3.8) is 0 Å². The quantitative estimate of drug-likeness (QED) is 0.171. The maximum absolute atomic E-state index is 3.65. The van der Waals surface area contributed by atoms with E-state index in [9.17, 15) is 0 Å². The molecule has 412 valence electrons. The van der Waals surface area contributed by atoms with Crippen molar-refractivity contribution in [1.82, 2.24) is 0 Å². The van der Waals surface area contributed by atoms with Crippen molar-refractivity contribution in [3.05, 3.63) is 308 Å². The summed E-state index contributed by atoms with van der Waals surface area (Å²) in [4.78, 5) is 2.44. The van der Waals surface area contributed by atoms with Crippen LogP contribution in [0.15, 0.2) is 308 Å². The number of nitrogens with one attached hydrogen (secondary N) is 1. The molecule has 0 radical (unpaired) electrons. The molecule has 7 heteroatoms. The minimum atomic E-state index is 1.10. The molecule has 18 aromatic rings. The zero-order valence-electron chi connectivity index (χ0n) is 46.8. The average Bonchev–Trinajstić information content (AvgIpc) is 2.45. The van der Waals surface area contributed by atoms with Crippen LogP contribution in [0.2, 0.25) is 0 Å². The molecule has 0 aliphatic carbocycles. The predicted molar refractivity (Wildman–Crippen MR) is 389 cm³/mol. The Morgan fingerprint density at radius 2 is 0.678 bits per heavy atom. The van der Waals surface area contributed by atoms with Gasteiger partial charge in [-0.3, -0.25) is 0 Å². The lowest BCUT2D eigenvalue weighted by Crippen LogP contribution is -2.10. The fourth-order valence-electron chi connectivity index (χ4n) is 12.2. The van der Waals surface area contributed by atoms with Crippen LogP contribution in [0, 0.1) is 0 Å². The maximum atomic E-state index is 3.65. The van der Waals surface area contributed by atoms with Crippen LogP contribution in [-0.4, -0.2) is 0 Å². The number of halogens is 1. The average molecular weight is 1250 g/mol. The fourth-order valence-corrected chi connectivity index (χ4v) is 17.6. The normalized spacial score (nSPS) is 11.5. The van der Waals surface area contributed by atoms with Gasteiger partial charge in [0, 0.05) is 103 Å². The van der Waals surface area contributed by atoms with E-state index in [1.807, 2.05) is 51.4 Å². The Balaban J connectivity index is 0.000000117. The van der Waals surface area contributed by atoms with E-state index in [1.165, 1.54) is 140 Å². The SMILES string of the molecule is Brc1cccc2c1sc1c3ccccc3ccc21.c1ccc(-c2ccc(N(c3ccc4sc5ccccc5c4c3)c3cccc4c3sc3c5ccccc5ccc43)cc2)cc1.c1ccc(-c2ccc(Nc3ccc4sc5ccccc5c4c3)cc2)cc1. The highest BCUT2D eigenvalue weighted by Gasteiger charge is 2.21. The van der Waals surface area contributed by atoms with Gasteiger partial charge >= 0.3 is 0 Å². The molecular weight excluding hydrogens is 1200 g/mol. The Hall–Kier alpha value is -9.44. The summed E-state index contributed by atoms with van der Waals surface area (Å²) in [5.41, 5.74) is 10.7. The number of hydrogen-bond acceptors (Lipinski definition) is 6. The first kappa shape index (κ1) is 53.1. The van der Waals surface area contributed by atoms with Gasteiger partial charge in [0.15, 0.2) is 0 Å². The highest BCUT2D eigenvalue weighted by Crippen LogP contribution is 2.48. The third kappa shape index (κ3) is 9.98. The molecule has 0 aliphatic rings. The number of fused-ring (bicyclic) bond motifs is 16. The number of benzene rings is 14. The van der Waals surface area contributed by atoms with Crippen LogP contribution in [0.4, 0.5) is 28.4 Å². The second-order valence-corrected chi connectivity index (χ2v) is 26.8.